The van der Waals surface area contributed by atoms with Crippen LogP contribution in [-0.4, -0.2) is 12.1 Å². The van der Waals surface area contributed by atoms with Crippen LogP contribution in [0.25, 0.3) is 0 Å². The first-order chi connectivity index (χ1) is 9.10. The van der Waals surface area contributed by atoms with Crippen molar-refractivity contribution < 1.29 is 4.74 Å². The second kappa shape index (κ2) is 6.04. The largest absolute Gasteiger partial charge is 0.496 e. The summed E-state index contributed by atoms with van der Waals surface area (Å²) < 4.78 is 6.10. The number of aromatic nitrogens is 1. The van der Waals surface area contributed by atoms with Gasteiger partial charge in [0.05, 0.1) is 11.6 Å². The van der Waals surface area contributed by atoms with Gasteiger partial charge in [-0.05, 0) is 57.7 Å². The van der Waals surface area contributed by atoms with Gasteiger partial charge < -0.3 is 16.2 Å². The minimum absolute atomic E-state index is 0.0935. The van der Waals surface area contributed by atoms with E-state index in [4.69, 9.17) is 16.2 Å². The smallest absolute Gasteiger partial charge is 0.133 e. The molecule has 5 heteroatoms. The number of nitrogens with two attached hydrogens (primary N) is 2. The van der Waals surface area contributed by atoms with E-state index >= 15 is 0 Å². The van der Waals surface area contributed by atoms with Crippen molar-refractivity contribution in [2.45, 2.75) is 12.5 Å². The van der Waals surface area contributed by atoms with E-state index in [1.54, 1.807) is 13.3 Å². The first kappa shape index (κ1) is 13.8. The third-order valence-electron chi connectivity index (χ3n) is 2.91. The maximum atomic E-state index is 6.21. The molecule has 1 heterocycles. The number of hydrogen-bond donors (Lipinski definition) is 2. The summed E-state index contributed by atoms with van der Waals surface area (Å²) in [5.41, 5.74) is 14.0. The van der Waals surface area contributed by atoms with Crippen LogP contribution in [0.4, 0.5) is 5.82 Å². The quantitative estimate of drug-likeness (QED) is 0.907. The van der Waals surface area contributed by atoms with Gasteiger partial charge in [-0.3, -0.25) is 0 Å². The Labute approximate surface area is 120 Å². The Kier molecular flexibility index (Phi) is 4.39. The van der Waals surface area contributed by atoms with Crippen molar-refractivity contribution in [1.82, 2.24) is 4.98 Å². The fourth-order valence-corrected chi connectivity index (χ4v) is 2.46. The highest BCUT2D eigenvalue weighted by molar-refractivity contribution is 9.10. The first-order valence-corrected chi connectivity index (χ1v) is 6.69. The van der Waals surface area contributed by atoms with E-state index in [0.29, 0.717) is 12.2 Å². The van der Waals surface area contributed by atoms with Crippen molar-refractivity contribution in [3.63, 3.8) is 0 Å². The molecule has 4 N–H and O–H groups in total. The molecule has 1 aromatic carbocycles. The maximum absolute atomic E-state index is 6.21. The maximum Gasteiger partial charge on any atom is 0.133 e. The number of nitrogens with zero attached hydrogens (tertiary/aromatic N) is 1. The zero-order valence-electron chi connectivity index (χ0n) is 10.6. The van der Waals surface area contributed by atoms with Crippen LogP contribution in [0.2, 0.25) is 0 Å². The Bertz CT molecular complexity index is 574. The summed E-state index contributed by atoms with van der Waals surface area (Å²) in [6, 6.07) is 9.53. The summed E-state index contributed by atoms with van der Waals surface area (Å²) in [5.74, 6) is 1.31. The Hall–Kier alpha value is -1.59. The van der Waals surface area contributed by atoms with E-state index in [1.165, 1.54) is 0 Å². The van der Waals surface area contributed by atoms with Gasteiger partial charge in [-0.25, -0.2) is 4.98 Å². The number of ether oxygens (including phenoxy) is 1. The van der Waals surface area contributed by atoms with Gasteiger partial charge in [0.2, 0.25) is 0 Å². The van der Waals surface area contributed by atoms with Crippen LogP contribution in [0.15, 0.2) is 41.0 Å². The Morgan fingerprint density at radius 1 is 1.32 bits per heavy atom. The SMILES string of the molecule is COc1ccc(C(N)Cc2ccnc(N)c2)cc1Br. The van der Waals surface area contributed by atoms with Gasteiger partial charge in [0.15, 0.2) is 0 Å². The highest BCUT2D eigenvalue weighted by Crippen LogP contribution is 2.28. The lowest BCUT2D eigenvalue weighted by Gasteiger charge is -2.14. The summed E-state index contributed by atoms with van der Waals surface area (Å²) in [4.78, 5) is 3.97. The number of pyridine rings is 1. The molecule has 0 aliphatic carbocycles. The van der Waals surface area contributed by atoms with Crippen molar-refractivity contribution in [2.75, 3.05) is 12.8 Å². The van der Waals surface area contributed by atoms with Crippen LogP contribution in [0, 0.1) is 0 Å². The summed E-state index contributed by atoms with van der Waals surface area (Å²) in [7, 11) is 1.64. The zero-order valence-corrected chi connectivity index (χ0v) is 12.2. The van der Waals surface area contributed by atoms with E-state index in [2.05, 4.69) is 20.9 Å². The normalized spacial score (nSPS) is 12.2. The lowest BCUT2D eigenvalue weighted by Crippen LogP contribution is -2.13. The molecule has 0 radical (unpaired) electrons. The molecule has 0 bridgehead atoms. The van der Waals surface area contributed by atoms with E-state index in [-0.39, 0.29) is 6.04 Å². The summed E-state index contributed by atoms with van der Waals surface area (Å²) >= 11 is 3.46. The van der Waals surface area contributed by atoms with Crippen molar-refractivity contribution in [3.8, 4) is 5.75 Å². The summed E-state index contributed by atoms with van der Waals surface area (Å²) in [5, 5.41) is 0. The van der Waals surface area contributed by atoms with Crippen LogP contribution < -0.4 is 16.2 Å². The fraction of sp³-hybridized carbons (Fsp3) is 0.214. The molecule has 1 aromatic heterocycles. The van der Waals surface area contributed by atoms with Gasteiger partial charge in [0.1, 0.15) is 11.6 Å². The predicted molar refractivity (Wildman–Crippen MR) is 80.0 cm³/mol. The molecule has 2 aromatic rings. The molecule has 0 aliphatic rings. The second-order valence-electron chi connectivity index (χ2n) is 4.29. The van der Waals surface area contributed by atoms with Crippen molar-refractivity contribution in [1.29, 1.82) is 0 Å². The molecule has 1 atom stereocenters. The molecule has 19 heavy (non-hydrogen) atoms. The molecule has 0 aliphatic heterocycles. The molecule has 100 valence electrons. The Balaban J connectivity index is 2.15. The number of nitrogen functional groups attached to an aromatic ring is 1. The number of rotatable bonds is 4. The van der Waals surface area contributed by atoms with Gasteiger partial charge in [-0.1, -0.05) is 6.07 Å². The molecule has 0 amide bonds. The molecule has 0 saturated carbocycles. The topological polar surface area (TPSA) is 74.2 Å². The third-order valence-corrected chi connectivity index (χ3v) is 3.52. The van der Waals surface area contributed by atoms with Gasteiger partial charge in [-0.15, -0.1) is 0 Å². The fourth-order valence-electron chi connectivity index (χ4n) is 1.91. The number of halogens is 1. The monoisotopic (exact) mass is 321 g/mol. The number of anilines is 1. The van der Waals surface area contributed by atoms with Crippen LogP contribution in [0.1, 0.15) is 17.2 Å². The molecular weight excluding hydrogens is 306 g/mol. The highest BCUT2D eigenvalue weighted by atomic mass is 79.9. The van der Waals surface area contributed by atoms with Gasteiger partial charge in [0, 0.05) is 12.2 Å². The lowest BCUT2D eigenvalue weighted by atomic mass is 10.0. The average Bonchev–Trinajstić information content (AvgIpc) is 2.38. The minimum Gasteiger partial charge on any atom is -0.496 e. The summed E-state index contributed by atoms with van der Waals surface area (Å²) in [6.07, 6.45) is 2.41. The molecule has 0 spiro atoms. The predicted octanol–water partition coefficient (Wildman–Crippen LogP) is 2.68. The number of benzene rings is 1. The van der Waals surface area contributed by atoms with E-state index in [1.807, 2.05) is 30.3 Å². The molecule has 2 rings (SSSR count). The van der Waals surface area contributed by atoms with Crippen molar-refractivity contribution >= 4 is 21.7 Å². The van der Waals surface area contributed by atoms with Gasteiger partial charge in [0.25, 0.3) is 0 Å². The molecule has 0 fully saturated rings. The lowest BCUT2D eigenvalue weighted by molar-refractivity contribution is 0.412. The summed E-state index contributed by atoms with van der Waals surface area (Å²) in [6.45, 7) is 0. The first-order valence-electron chi connectivity index (χ1n) is 5.89. The second-order valence-corrected chi connectivity index (χ2v) is 5.15. The highest BCUT2D eigenvalue weighted by Gasteiger charge is 2.10. The zero-order chi connectivity index (χ0) is 13.8. The van der Waals surface area contributed by atoms with Crippen molar-refractivity contribution in [2.24, 2.45) is 5.73 Å². The number of methoxy groups -OCH3 is 1. The van der Waals surface area contributed by atoms with Gasteiger partial charge >= 0.3 is 0 Å². The average molecular weight is 322 g/mol. The third kappa shape index (κ3) is 3.45. The van der Waals surface area contributed by atoms with Crippen LogP contribution >= 0.6 is 15.9 Å². The van der Waals surface area contributed by atoms with Crippen LogP contribution in [0.3, 0.4) is 0 Å². The Morgan fingerprint density at radius 2 is 2.11 bits per heavy atom. The number of hydrogen-bond acceptors (Lipinski definition) is 4. The molecule has 0 saturated heterocycles. The van der Waals surface area contributed by atoms with E-state index < -0.39 is 0 Å². The molecule has 4 nitrogen and oxygen atoms in total. The van der Waals surface area contributed by atoms with E-state index in [0.717, 1.165) is 21.3 Å². The van der Waals surface area contributed by atoms with Crippen molar-refractivity contribution in [3.05, 3.63) is 52.1 Å². The standard InChI is InChI=1S/C14H16BrN3O/c1-19-13-3-2-10(8-11(13)15)12(16)6-9-4-5-18-14(17)7-9/h2-5,7-8,12H,6,16H2,1H3,(H2,17,18). The van der Waals surface area contributed by atoms with Crippen LogP contribution in [-0.2, 0) is 6.42 Å². The Morgan fingerprint density at radius 3 is 2.74 bits per heavy atom. The minimum atomic E-state index is -0.0935. The molecule has 1 unspecified atom stereocenters. The van der Waals surface area contributed by atoms with Crippen LogP contribution in [0.5, 0.6) is 5.75 Å². The van der Waals surface area contributed by atoms with Gasteiger partial charge in [-0.2, -0.15) is 0 Å². The molecular formula is C14H16BrN3O. The van der Waals surface area contributed by atoms with E-state index in [9.17, 15) is 0 Å².